The first-order valence-corrected chi connectivity index (χ1v) is 11.0. The third kappa shape index (κ3) is 20.5. The number of rotatable bonds is 9. The molecule has 0 aliphatic carbocycles. The van der Waals surface area contributed by atoms with Crippen molar-refractivity contribution >= 4 is 29.8 Å². The van der Waals surface area contributed by atoms with E-state index in [-0.39, 0.29) is 18.1 Å². The van der Waals surface area contributed by atoms with Crippen LogP contribution in [0.3, 0.4) is 0 Å². The topological polar surface area (TPSA) is 126 Å². The van der Waals surface area contributed by atoms with Crippen LogP contribution in [0.15, 0.2) is 37.1 Å². The number of amides is 1. The average molecular weight is 484 g/mol. The Kier molecular flexibility index (Phi) is 19.5. The van der Waals surface area contributed by atoms with Gasteiger partial charge in [-0.3, -0.25) is 4.79 Å². The van der Waals surface area contributed by atoms with Gasteiger partial charge in [-0.25, -0.2) is 19.2 Å². The number of carbonyl (C=O) groups is 5. The number of likely N-dealkylation sites (tertiary alicyclic amines) is 1. The Morgan fingerprint density at radius 3 is 1.44 bits per heavy atom. The highest BCUT2D eigenvalue weighted by atomic mass is 16.6. The summed E-state index contributed by atoms with van der Waals surface area (Å²) >= 11 is 0. The molecule has 0 saturated carbocycles. The number of carbonyl (C=O) groups excluding carboxylic acids is 5. The highest BCUT2D eigenvalue weighted by Gasteiger charge is 2.16. The molecule has 1 fully saturated rings. The summed E-state index contributed by atoms with van der Waals surface area (Å²) in [6.07, 6.45) is 7.12. The maximum Gasteiger partial charge on any atom is 0.331 e. The fraction of sp³-hybridized carbons (Fsp3) is 0.542. The first-order valence-electron chi connectivity index (χ1n) is 11.0. The van der Waals surface area contributed by atoms with Crippen LogP contribution in [0, 0.1) is 0 Å². The second-order valence-corrected chi connectivity index (χ2v) is 7.02. The molecule has 1 saturated heterocycles. The molecule has 0 aromatic carbocycles. The lowest BCUT2D eigenvalue weighted by Crippen LogP contribution is -2.16. The Hall–Kier alpha value is -3.43. The van der Waals surface area contributed by atoms with Crippen molar-refractivity contribution in [3.8, 4) is 0 Å². The molecule has 0 radical (unpaired) electrons. The van der Waals surface area contributed by atoms with Gasteiger partial charge in [-0.05, 0) is 54.2 Å². The van der Waals surface area contributed by atoms with Crippen LogP contribution in [0.5, 0.6) is 0 Å². The molecule has 0 aromatic rings. The van der Waals surface area contributed by atoms with Gasteiger partial charge in [0, 0.05) is 37.3 Å². The zero-order valence-electron chi connectivity index (χ0n) is 20.9. The van der Waals surface area contributed by atoms with E-state index in [1.165, 1.54) is 0 Å². The van der Waals surface area contributed by atoms with Crippen molar-refractivity contribution in [2.45, 2.75) is 66.6 Å². The minimum absolute atomic E-state index is 0.187. The lowest BCUT2D eigenvalue weighted by atomic mass is 10.4. The quantitative estimate of drug-likeness (QED) is 0.276. The van der Waals surface area contributed by atoms with Gasteiger partial charge in [-0.15, -0.1) is 0 Å². The minimum atomic E-state index is -0.541. The van der Waals surface area contributed by atoms with E-state index in [4.69, 9.17) is 9.47 Å². The summed E-state index contributed by atoms with van der Waals surface area (Å²) in [5, 5.41) is 0. The van der Waals surface area contributed by atoms with E-state index in [2.05, 4.69) is 16.1 Å². The molecule has 1 heterocycles. The number of hydrogen-bond donors (Lipinski definition) is 0. The van der Waals surface area contributed by atoms with E-state index in [1.54, 1.807) is 52.6 Å². The zero-order chi connectivity index (χ0) is 26.5. The first kappa shape index (κ1) is 32.7. The standard InChI is InChI=1S/C10H16O4.C8H12O4.C6H9NO/c1-7(2)13-9(11)5-6-10(12)14-8(3)4;1-3-11-7(9)5-6-8(10)12-4-2;1-2-7-5-3-4-6(7)8/h5-8H,1-4H3;5-6H,3-4H2,1-2H3;2H,1,3-5H2. The van der Waals surface area contributed by atoms with Crippen LogP contribution < -0.4 is 0 Å². The second kappa shape index (κ2) is 20.2. The Bertz CT molecular complexity index is 680. The number of esters is 4. The largest absolute Gasteiger partial charge is 0.463 e. The Morgan fingerprint density at radius 2 is 1.21 bits per heavy atom. The predicted octanol–water partition coefficient (Wildman–Crippen LogP) is 2.87. The van der Waals surface area contributed by atoms with Crippen molar-refractivity contribution in [1.29, 1.82) is 0 Å². The van der Waals surface area contributed by atoms with Gasteiger partial charge in [-0.1, -0.05) is 6.58 Å². The molecule has 192 valence electrons. The van der Waals surface area contributed by atoms with Crippen LogP contribution in [0.1, 0.15) is 54.4 Å². The van der Waals surface area contributed by atoms with Crippen molar-refractivity contribution < 1.29 is 42.9 Å². The smallest absolute Gasteiger partial charge is 0.331 e. The van der Waals surface area contributed by atoms with Crippen molar-refractivity contribution in [3.63, 3.8) is 0 Å². The zero-order valence-corrected chi connectivity index (χ0v) is 20.9. The van der Waals surface area contributed by atoms with Gasteiger partial charge in [0.1, 0.15) is 0 Å². The monoisotopic (exact) mass is 483 g/mol. The first-order chi connectivity index (χ1) is 16.0. The summed E-state index contributed by atoms with van der Waals surface area (Å²) in [6.45, 7) is 15.3. The van der Waals surface area contributed by atoms with E-state index in [0.717, 1.165) is 37.3 Å². The molecule has 0 bridgehead atoms. The normalized spacial score (nSPS) is 12.6. The maximum absolute atomic E-state index is 10.9. The lowest BCUT2D eigenvalue weighted by Gasteiger charge is -2.05. The molecule has 0 atom stereocenters. The molecule has 0 aromatic heterocycles. The lowest BCUT2D eigenvalue weighted by molar-refractivity contribution is -0.144. The van der Waals surface area contributed by atoms with Gasteiger partial charge >= 0.3 is 23.9 Å². The Labute approximate surface area is 201 Å². The summed E-state index contributed by atoms with van der Waals surface area (Å²) < 4.78 is 18.6. The molecule has 1 rings (SSSR count). The molecular formula is C24H37NO9. The number of hydrogen-bond acceptors (Lipinski definition) is 9. The van der Waals surface area contributed by atoms with Crippen LogP contribution in [0.2, 0.25) is 0 Å². The van der Waals surface area contributed by atoms with Crippen molar-refractivity contribution in [2.75, 3.05) is 19.8 Å². The molecule has 0 spiro atoms. The van der Waals surface area contributed by atoms with Crippen molar-refractivity contribution in [2.24, 2.45) is 0 Å². The molecule has 10 nitrogen and oxygen atoms in total. The van der Waals surface area contributed by atoms with E-state index < -0.39 is 23.9 Å². The van der Waals surface area contributed by atoms with Crippen LogP contribution in [0.4, 0.5) is 0 Å². The molecule has 1 amide bonds. The molecule has 34 heavy (non-hydrogen) atoms. The number of ether oxygens (including phenoxy) is 4. The van der Waals surface area contributed by atoms with Crippen LogP contribution in [0.25, 0.3) is 0 Å². The highest BCUT2D eigenvalue weighted by Crippen LogP contribution is 2.08. The van der Waals surface area contributed by atoms with Gasteiger partial charge in [0.05, 0.1) is 25.4 Å². The predicted molar refractivity (Wildman–Crippen MR) is 125 cm³/mol. The van der Waals surface area contributed by atoms with Gasteiger partial charge in [0.15, 0.2) is 0 Å². The molecule has 1 aliphatic rings. The van der Waals surface area contributed by atoms with Crippen LogP contribution in [-0.2, 0) is 42.9 Å². The van der Waals surface area contributed by atoms with Crippen molar-refractivity contribution in [3.05, 3.63) is 37.1 Å². The summed E-state index contributed by atoms with van der Waals surface area (Å²) in [5.74, 6) is -1.95. The van der Waals surface area contributed by atoms with Crippen LogP contribution in [-0.4, -0.2) is 66.7 Å². The van der Waals surface area contributed by atoms with E-state index in [0.29, 0.717) is 19.6 Å². The second-order valence-electron chi connectivity index (χ2n) is 7.02. The Morgan fingerprint density at radius 1 is 0.824 bits per heavy atom. The maximum atomic E-state index is 10.9. The van der Waals surface area contributed by atoms with E-state index in [1.807, 2.05) is 0 Å². The highest BCUT2D eigenvalue weighted by molar-refractivity contribution is 5.92. The van der Waals surface area contributed by atoms with E-state index in [9.17, 15) is 24.0 Å². The number of nitrogens with zero attached hydrogens (tertiary/aromatic N) is 1. The minimum Gasteiger partial charge on any atom is -0.463 e. The fourth-order valence-corrected chi connectivity index (χ4v) is 2.06. The summed E-state index contributed by atoms with van der Waals surface area (Å²) in [4.78, 5) is 55.4. The summed E-state index contributed by atoms with van der Waals surface area (Å²) in [5.41, 5.74) is 0. The van der Waals surface area contributed by atoms with Gasteiger partial charge < -0.3 is 23.8 Å². The Balaban J connectivity index is 0. The van der Waals surface area contributed by atoms with Gasteiger partial charge in [0.25, 0.3) is 0 Å². The van der Waals surface area contributed by atoms with Gasteiger partial charge in [-0.2, -0.15) is 0 Å². The third-order valence-electron chi connectivity index (χ3n) is 3.32. The third-order valence-corrected chi connectivity index (χ3v) is 3.32. The van der Waals surface area contributed by atoms with Crippen LogP contribution >= 0.6 is 0 Å². The summed E-state index contributed by atoms with van der Waals surface area (Å²) in [7, 11) is 0. The fourth-order valence-electron chi connectivity index (χ4n) is 2.06. The molecule has 1 aliphatic heterocycles. The SMILES string of the molecule is C=CN1CCCC1=O.CC(C)OC(=O)C=CC(=O)OC(C)C.CCOC(=O)C=CC(=O)OCC. The van der Waals surface area contributed by atoms with Crippen molar-refractivity contribution in [1.82, 2.24) is 4.90 Å². The van der Waals surface area contributed by atoms with E-state index >= 15 is 0 Å². The molecule has 0 N–H and O–H groups in total. The average Bonchev–Trinajstić information content (AvgIpc) is 3.16. The molecule has 0 unspecified atom stereocenters. The molecule has 10 heteroatoms. The molecular weight excluding hydrogens is 446 g/mol. The summed E-state index contributed by atoms with van der Waals surface area (Å²) in [6, 6.07) is 0. The van der Waals surface area contributed by atoms with Gasteiger partial charge in [0.2, 0.25) is 5.91 Å².